The zero-order chi connectivity index (χ0) is 13.1. The average molecular weight is 232 g/mol. The van der Waals surface area contributed by atoms with Gasteiger partial charge in [-0.1, -0.05) is 34.1 Å². The fourth-order valence-corrected chi connectivity index (χ4v) is 0.748. The van der Waals surface area contributed by atoms with Gasteiger partial charge in [0, 0.05) is 6.42 Å². The molecule has 0 aromatic carbocycles. The van der Waals surface area contributed by atoms with Crippen molar-refractivity contribution < 1.29 is 19.1 Å². The molecule has 0 aliphatic rings. The first kappa shape index (κ1) is 17.3. The summed E-state index contributed by atoms with van der Waals surface area (Å²) in [6, 6.07) is 0. The number of esters is 2. The molecular weight excluding hydrogens is 208 g/mol. The molecule has 0 N–H and O–H groups in total. The lowest BCUT2D eigenvalue weighted by Crippen LogP contribution is -2.07. The molecule has 1 atom stereocenters. The molecule has 4 nitrogen and oxygen atoms in total. The van der Waals surface area contributed by atoms with E-state index in [1.807, 2.05) is 6.92 Å². The van der Waals surface area contributed by atoms with Gasteiger partial charge >= 0.3 is 11.9 Å². The Bertz CT molecular complexity index is 199. The van der Waals surface area contributed by atoms with Crippen molar-refractivity contribution in [3.05, 3.63) is 0 Å². The summed E-state index contributed by atoms with van der Waals surface area (Å²) in [5, 5.41) is 0. The summed E-state index contributed by atoms with van der Waals surface area (Å²) >= 11 is 0. The van der Waals surface area contributed by atoms with Crippen LogP contribution in [0, 0.1) is 11.8 Å². The second-order valence-electron chi connectivity index (χ2n) is 3.97. The lowest BCUT2D eigenvalue weighted by Gasteiger charge is -2.04. The summed E-state index contributed by atoms with van der Waals surface area (Å²) < 4.78 is 8.86. The first-order valence-electron chi connectivity index (χ1n) is 5.53. The van der Waals surface area contributed by atoms with Crippen LogP contribution >= 0.6 is 0 Å². The standard InChI is InChI=1S/C7H14O2.C5H10O2/c1-4-6(2)5-7(8)9-3;1-4(2)5(6)7-3/h6H,4-5H2,1-3H3;4H,1-3H3. The zero-order valence-corrected chi connectivity index (χ0v) is 11.2. The Labute approximate surface area is 98.3 Å². The van der Waals surface area contributed by atoms with Crippen molar-refractivity contribution in [1.82, 2.24) is 0 Å². The SMILES string of the molecule is CCC(C)CC(=O)OC.COC(=O)C(C)C. The second kappa shape index (κ2) is 10.5. The van der Waals surface area contributed by atoms with E-state index < -0.39 is 0 Å². The maximum atomic E-state index is 10.6. The molecule has 0 rings (SSSR count). The summed E-state index contributed by atoms with van der Waals surface area (Å²) in [6.45, 7) is 7.70. The molecule has 0 aromatic heterocycles. The molecule has 0 aliphatic heterocycles. The first-order chi connectivity index (χ1) is 7.38. The molecule has 0 radical (unpaired) electrons. The van der Waals surface area contributed by atoms with Crippen molar-refractivity contribution in [1.29, 1.82) is 0 Å². The monoisotopic (exact) mass is 232 g/mol. The molecule has 96 valence electrons. The summed E-state index contributed by atoms with van der Waals surface area (Å²) in [5.41, 5.74) is 0. The van der Waals surface area contributed by atoms with Crippen molar-refractivity contribution in [2.45, 2.75) is 40.5 Å². The number of carbonyl (C=O) groups excluding carboxylic acids is 2. The van der Waals surface area contributed by atoms with Gasteiger partial charge in [-0.3, -0.25) is 9.59 Å². The van der Waals surface area contributed by atoms with E-state index in [0.717, 1.165) is 6.42 Å². The highest BCUT2D eigenvalue weighted by atomic mass is 16.5. The predicted octanol–water partition coefficient (Wildman–Crippen LogP) is 2.41. The van der Waals surface area contributed by atoms with Gasteiger partial charge in [-0.05, 0) is 5.92 Å². The molecule has 16 heavy (non-hydrogen) atoms. The molecule has 0 bridgehead atoms. The van der Waals surface area contributed by atoms with Crippen LogP contribution in [0.5, 0.6) is 0 Å². The lowest BCUT2D eigenvalue weighted by molar-refractivity contribution is -0.144. The van der Waals surface area contributed by atoms with Crippen LogP contribution in [-0.4, -0.2) is 26.2 Å². The van der Waals surface area contributed by atoms with E-state index in [9.17, 15) is 9.59 Å². The van der Waals surface area contributed by atoms with E-state index in [-0.39, 0.29) is 17.9 Å². The molecule has 4 heteroatoms. The van der Waals surface area contributed by atoms with Gasteiger partial charge in [0.2, 0.25) is 0 Å². The molecule has 0 fully saturated rings. The average Bonchev–Trinajstić information content (AvgIpc) is 2.28. The number of methoxy groups -OCH3 is 2. The van der Waals surface area contributed by atoms with E-state index in [1.165, 1.54) is 14.2 Å². The Balaban J connectivity index is 0. The maximum Gasteiger partial charge on any atom is 0.308 e. The third kappa shape index (κ3) is 11.0. The van der Waals surface area contributed by atoms with Gasteiger partial charge in [-0.15, -0.1) is 0 Å². The fraction of sp³-hybridized carbons (Fsp3) is 0.833. The Morgan fingerprint density at radius 2 is 1.56 bits per heavy atom. The fourth-order valence-electron chi connectivity index (χ4n) is 0.748. The van der Waals surface area contributed by atoms with Gasteiger partial charge in [-0.25, -0.2) is 0 Å². The molecule has 0 heterocycles. The Morgan fingerprint density at radius 1 is 1.06 bits per heavy atom. The zero-order valence-electron chi connectivity index (χ0n) is 11.2. The Morgan fingerprint density at radius 3 is 1.75 bits per heavy atom. The third-order valence-corrected chi connectivity index (χ3v) is 2.11. The number of hydrogen-bond donors (Lipinski definition) is 0. The Kier molecular flexibility index (Phi) is 11.3. The minimum Gasteiger partial charge on any atom is -0.469 e. The minimum absolute atomic E-state index is 0.00463. The van der Waals surface area contributed by atoms with E-state index in [0.29, 0.717) is 12.3 Å². The van der Waals surface area contributed by atoms with E-state index >= 15 is 0 Å². The van der Waals surface area contributed by atoms with Gasteiger partial charge in [-0.2, -0.15) is 0 Å². The van der Waals surface area contributed by atoms with Crippen LogP contribution < -0.4 is 0 Å². The van der Waals surface area contributed by atoms with Crippen molar-refractivity contribution in [2.75, 3.05) is 14.2 Å². The molecule has 0 saturated heterocycles. The van der Waals surface area contributed by atoms with Crippen molar-refractivity contribution in [2.24, 2.45) is 11.8 Å². The van der Waals surface area contributed by atoms with Gasteiger partial charge in [0.05, 0.1) is 20.1 Å². The van der Waals surface area contributed by atoms with Crippen LogP contribution in [0.15, 0.2) is 0 Å². The van der Waals surface area contributed by atoms with Crippen molar-refractivity contribution in [3.63, 3.8) is 0 Å². The highest BCUT2D eigenvalue weighted by Crippen LogP contribution is 2.06. The van der Waals surface area contributed by atoms with Crippen molar-refractivity contribution in [3.8, 4) is 0 Å². The van der Waals surface area contributed by atoms with E-state index in [4.69, 9.17) is 0 Å². The summed E-state index contributed by atoms with van der Waals surface area (Å²) in [4.78, 5) is 20.8. The number of carbonyl (C=O) groups is 2. The Hall–Kier alpha value is -1.06. The summed E-state index contributed by atoms with van der Waals surface area (Å²) in [6.07, 6.45) is 1.59. The molecular formula is C12H24O4. The van der Waals surface area contributed by atoms with Crippen LogP contribution in [0.2, 0.25) is 0 Å². The highest BCUT2D eigenvalue weighted by Gasteiger charge is 2.05. The van der Waals surface area contributed by atoms with E-state index in [2.05, 4.69) is 16.4 Å². The van der Waals surface area contributed by atoms with Gasteiger partial charge in [0.1, 0.15) is 0 Å². The number of rotatable bonds is 4. The van der Waals surface area contributed by atoms with Crippen LogP contribution in [0.25, 0.3) is 0 Å². The summed E-state index contributed by atoms with van der Waals surface area (Å²) in [5.74, 6) is 0.201. The lowest BCUT2D eigenvalue weighted by atomic mass is 10.1. The first-order valence-corrected chi connectivity index (χ1v) is 5.53. The van der Waals surface area contributed by atoms with Crippen molar-refractivity contribution >= 4 is 11.9 Å². The summed E-state index contributed by atoms with van der Waals surface area (Å²) in [7, 11) is 2.81. The van der Waals surface area contributed by atoms with Gasteiger partial charge in [0.25, 0.3) is 0 Å². The number of hydrogen-bond acceptors (Lipinski definition) is 4. The second-order valence-corrected chi connectivity index (χ2v) is 3.97. The van der Waals surface area contributed by atoms with Crippen LogP contribution in [0.1, 0.15) is 40.5 Å². The normalized spacial score (nSPS) is 11.2. The third-order valence-electron chi connectivity index (χ3n) is 2.11. The van der Waals surface area contributed by atoms with Crippen LogP contribution in [-0.2, 0) is 19.1 Å². The van der Waals surface area contributed by atoms with E-state index in [1.54, 1.807) is 13.8 Å². The quantitative estimate of drug-likeness (QED) is 0.698. The molecule has 0 aromatic rings. The molecule has 0 aliphatic carbocycles. The van der Waals surface area contributed by atoms with Gasteiger partial charge < -0.3 is 9.47 Å². The maximum absolute atomic E-state index is 10.6. The minimum atomic E-state index is -0.153. The van der Waals surface area contributed by atoms with Crippen LogP contribution in [0.4, 0.5) is 0 Å². The highest BCUT2D eigenvalue weighted by molar-refractivity contribution is 5.71. The predicted molar refractivity (Wildman–Crippen MR) is 62.9 cm³/mol. The smallest absolute Gasteiger partial charge is 0.308 e. The largest absolute Gasteiger partial charge is 0.469 e. The molecule has 1 unspecified atom stereocenters. The molecule has 0 spiro atoms. The van der Waals surface area contributed by atoms with Gasteiger partial charge in [0.15, 0.2) is 0 Å². The molecule has 0 amide bonds. The number of ether oxygens (including phenoxy) is 2. The topological polar surface area (TPSA) is 52.6 Å². The molecule has 0 saturated carbocycles. The van der Waals surface area contributed by atoms with Crippen LogP contribution in [0.3, 0.4) is 0 Å².